The molecule has 0 aliphatic heterocycles. The number of nitrogens with two attached hydrogens (primary N) is 2. The van der Waals surface area contributed by atoms with E-state index in [0.717, 1.165) is 6.07 Å². The fraction of sp³-hybridized carbons (Fsp3) is 0.455. The molecular weight excluding hydrogens is 284 g/mol. The molecule has 1 aromatic rings. The third-order valence-corrected chi connectivity index (χ3v) is 3.80. The minimum Gasteiger partial charge on any atom is -0.375 e. The van der Waals surface area contributed by atoms with Gasteiger partial charge in [0, 0.05) is 18.7 Å². The van der Waals surface area contributed by atoms with Crippen LogP contribution in [0.25, 0.3) is 0 Å². The number of nitrogens with one attached hydrogen (secondary N) is 1. The molecule has 0 radical (unpaired) electrons. The fourth-order valence-electron chi connectivity index (χ4n) is 1.66. The second kappa shape index (κ2) is 6.16. The summed E-state index contributed by atoms with van der Waals surface area (Å²) in [5, 5.41) is 19.0. The number of hydrogen-bond donors (Lipinski definition) is 3. The number of sulfonamides is 1. The molecule has 1 unspecified atom stereocenters. The van der Waals surface area contributed by atoms with Crippen molar-refractivity contribution in [2.24, 2.45) is 16.8 Å². The van der Waals surface area contributed by atoms with Gasteiger partial charge in [0.05, 0.1) is 9.82 Å². The van der Waals surface area contributed by atoms with Gasteiger partial charge in [0.2, 0.25) is 10.0 Å². The van der Waals surface area contributed by atoms with Crippen molar-refractivity contribution in [3.63, 3.8) is 0 Å². The smallest absolute Gasteiger partial charge is 0.293 e. The van der Waals surface area contributed by atoms with E-state index in [9.17, 15) is 18.5 Å². The van der Waals surface area contributed by atoms with Crippen LogP contribution < -0.4 is 16.2 Å². The molecule has 0 aliphatic carbocycles. The molecule has 1 aromatic carbocycles. The van der Waals surface area contributed by atoms with Crippen LogP contribution in [0.3, 0.4) is 0 Å². The van der Waals surface area contributed by atoms with Gasteiger partial charge >= 0.3 is 0 Å². The van der Waals surface area contributed by atoms with Crippen molar-refractivity contribution in [3.8, 4) is 0 Å². The van der Waals surface area contributed by atoms with Crippen LogP contribution in [0.5, 0.6) is 0 Å². The highest BCUT2D eigenvalue weighted by atomic mass is 32.2. The van der Waals surface area contributed by atoms with Crippen LogP contribution in [-0.4, -0.2) is 25.9 Å². The van der Waals surface area contributed by atoms with E-state index in [-0.39, 0.29) is 28.2 Å². The first kappa shape index (κ1) is 16.3. The molecular formula is C11H18N4O4S. The molecule has 5 N–H and O–H groups in total. The molecule has 0 amide bonds. The molecule has 0 aliphatic rings. The molecule has 9 heteroatoms. The summed E-state index contributed by atoms with van der Waals surface area (Å²) in [6.07, 6.45) is 0. The molecule has 20 heavy (non-hydrogen) atoms. The van der Waals surface area contributed by atoms with Gasteiger partial charge in [-0.25, -0.2) is 13.6 Å². The molecule has 0 fully saturated rings. The van der Waals surface area contributed by atoms with Crippen LogP contribution in [0.1, 0.15) is 13.8 Å². The summed E-state index contributed by atoms with van der Waals surface area (Å²) >= 11 is 0. The number of nitrogens with zero attached hydrogens (tertiary/aromatic N) is 1. The Morgan fingerprint density at radius 1 is 1.40 bits per heavy atom. The first-order valence-electron chi connectivity index (χ1n) is 5.94. The van der Waals surface area contributed by atoms with Crippen LogP contribution in [0.4, 0.5) is 11.4 Å². The lowest BCUT2D eigenvalue weighted by Gasteiger charge is -2.21. The molecule has 0 bridgehead atoms. The minimum absolute atomic E-state index is 0.158. The third kappa shape index (κ3) is 3.89. The predicted octanol–water partition coefficient (Wildman–Crippen LogP) is 0.637. The summed E-state index contributed by atoms with van der Waals surface area (Å²) in [6.45, 7) is 4.15. The molecule has 8 nitrogen and oxygen atoms in total. The highest BCUT2D eigenvalue weighted by Gasteiger charge is 2.21. The van der Waals surface area contributed by atoms with Crippen LogP contribution in [0.15, 0.2) is 23.1 Å². The van der Waals surface area contributed by atoms with Crippen LogP contribution in [0, 0.1) is 16.0 Å². The van der Waals surface area contributed by atoms with E-state index in [0.29, 0.717) is 6.54 Å². The van der Waals surface area contributed by atoms with E-state index in [4.69, 9.17) is 10.9 Å². The Bertz CT molecular complexity index is 600. The third-order valence-electron chi connectivity index (χ3n) is 2.89. The van der Waals surface area contributed by atoms with Crippen molar-refractivity contribution in [2.75, 3.05) is 11.9 Å². The molecule has 1 atom stereocenters. The Balaban J connectivity index is 3.24. The maximum absolute atomic E-state index is 11.2. The maximum atomic E-state index is 11.2. The number of nitro groups is 1. The van der Waals surface area contributed by atoms with Gasteiger partial charge in [-0.15, -0.1) is 0 Å². The maximum Gasteiger partial charge on any atom is 0.293 e. The number of nitro benzene ring substituents is 1. The van der Waals surface area contributed by atoms with E-state index in [1.807, 2.05) is 13.8 Å². The summed E-state index contributed by atoms with van der Waals surface area (Å²) in [4.78, 5) is 10.1. The topological polar surface area (TPSA) is 141 Å². The Kier molecular flexibility index (Phi) is 5.03. The second-order valence-corrected chi connectivity index (χ2v) is 6.27. The SMILES string of the molecule is CC(C)C(CN)Nc1ccc(S(N)(=O)=O)cc1[N+](=O)[O-]. The highest BCUT2D eigenvalue weighted by molar-refractivity contribution is 7.89. The quantitative estimate of drug-likeness (QED) is 0.520. The standard InChI is InChI=1S/C11H18N4O4S/c1-7(2)10(6-12)14-9-4-3-8(20(13,18)19)5-11(9)15(16)17/h3-5,7,10,14H,6,12H2,1-2H3,(H2,13,18,19). The van der Waals surface area contributed by atoms with E-state index in [1.165, 1.54) is 12.1 Å². The molecule has 0 saturated carbocycles. The van der Waals surface area contributed by atoms with Gasteiger partial charge in [-0.05, 0) is 18.1 Å². The monoisotopic (exact) mass is 302 g/mol. The van der Waals surface area contributed by atoms with Crippen LogP contribution in [0.2, 0.25) is 0 Å². The van der Waals surface area contributed by atoms with Gasteiger partial charge < -0.3 is 11.1 Å². The highest BCUT2D eigenvalue weighted by Crippen LogP contribution is 2.28. The van der Waals surface area contributed by atoms with Gasteiger partial charge in [0.1, 0.15) is 5.69 Å². The van der Waals surface area contributed by atoms with E-state index >= 15 is 0 Å². The second-order valence-electron chi connectivity index (χ2n) is 4.71. The van der Waals surface area contributed by atoms with Gasteiger partial charge in [-0.3, -0.25) is 10.1 Å². The van der Waals surface area contributed by atoms with Crippen molar-refractivity contribution in [2.45, 2.75) is 24.8 Å². The van der Waals surface area contributed by atoms with E-state index in [2.05, 4.69) is 5.32 Å². The lowest BCUT2D eigenvalue weighted by molar-refractivity contribution is -0.384. The summed E-state index contributed by atoms with van der Waals surface area (Å²) in [6, 6.07) is 3.32. The molecule has 112 valence electrons. The molecule has 1 rings (SSSR count). The minimum atomic E-state index is -3.98. The van der Waals surface area contributed by atoms with Crippen molar-refractivity contribution >= 4 is 21.4 Å². The molecule has 0 heterocycles. The van der Waals surface area contributed by atoms with E-state index in [1.54, 1.807) is 0 Å². The summed E-state index contributed by atoms with van der Waals surface area (Å²) in [7, 11) is -3.98. The number of benzene rings is 1. The zero-order chi connectivity index (χ0) is 15.5. The Morgan fingerprint density at radius 3 is 2.40 bits per heavy atom. The zero-order valence-electron chi connectivity index (χ0n) is 11.2. The van der Waals surface area contributed by atoms with Gasteiger partial charge in [-0.1, -0.05) is 13.8 Å². The van der Waals surface area contributed by atoms with Gasteiger partial charge in [-0.2, -0.15) is 0 Å². The number of primary sulfonamides is 1. The largest absolute Gasteiger partial charge is 0.375 e. The Morgan fingerprint density at radius 2 is 2.00 bits per heavy atom. The van der Waals surface area contributed by atoms with Crippen molar-refractivity contribution in [3.05, 3.63) is 28.3 Å². The van der Waals surface area contributed by atoms with Crippen LogP contribution in [-0.2, 0) is 10.0 Å². The molecule has 0 aromatic heterocycles. The lowest BCUT2D eigenvalue weighted by Crippen LogP contribution is -2.33. The summed E-state index contributed by atoms with van der Waals surface area (Å²) in [5.41, 5.74) is 5.46. The van der Waals surface area contributed by atoms with Gasteiger partial charge in [0.25, 0.3) is 5.69 Å². The van der Waals surface area contributed by atoms with Crippen LogP contribution >= 0.6 is 0 Å². The first-order valence-corrected chi connectivity index (χ1v) is 7.49. The average molecular weight is 302 g/mol. The Labute approximate surface area is 117 Å². The fourth-order valence-corrected chi connectivity index (χ4v) is 2.19. The Hall–Kier alpha value is -1.71. The zero-order valence-corrected chi connectivity index (χ0v) is 12.1. The van der Waals surface area contributed by atoms with Gasteiger partial charge in [0.15, 0.2) is 0 Å². The lowest BCUT2D eigenvalue weighted by atomic mass is 10.0. The summed E-state index contributed by atoms with van der Waals surface area (Å²) < 4.78 is 22.4. The number of rotatable bonds is 6. The summed E-state index contributed by atoms with van der Waals surface area (Å²) in [5.74, 6) is 0.164. The van der Waals surface area contributed by atoms with Crippen molar-refractivity contribution in [1.29, 1.82) is 0 Å². The molecule has 0 spiro atoms. The first-order chi connectivity index (χ1) is 9.16. The predicted molar refractivity (Wildman–Crippen MR) is 75.8 cm³/mol. The van der Waals surface area contributed by atoms with Crippen molar-refractivity contribution in [1.82, 2.24) is 0 Å². The molecule has 0 saturated heterocycles. The normalized spacial score (nSPS) is 13.2. The van der Waals surface area contributed by atoms with E-state index < -0.39 is 14.9 Å². The average Bonchev–Trinajstić information content (AvgIpc) is 2.34. The number of anilines is 1. The number of hydrogen-bond acceptors (Lipinski definition) is 6. The van der Waals surface area contributed by atoms with Crippen molar-refractivity contribution < 1.29 is 13.3 Å².